The average Bonchev–Trinajstić information content (AvgIpc) is 2.05. The first-order valence-corrected chi connectivity index (χ1v) is 3.85. The molecule has 1 radical (unpaired) electrons. The minimum Gasteiger partial charge on any atom is -0.350 e. The third-order valence-corrected chi connectivity index (χ3v) is 1.58. The molecule has 1 aromatic carbocycles. The molecule has 2 nitrogen and oxygen atoms in total. The van der Waals surface area contributed by atoms with Crippen molar-refractivity contribution in [1.82, 2.24) is 5.32 Å². The van der Waals surface area contributed by atoms with E-state index in [9.17, 15) is 4.79 Å². The van der Waals surface area contributed by atoms with Crippen LogP contribution in [-0.4, -0.2) is 5.91 Å². The van der Waals surface area contributed by atoms with E-state index in [-0.39, 0.29) is 11.9 Å². The normalized spacial score (nSPS) is 12.2. The third-order valence-electron chi connectivity index (χ3n) is 1.58. The van der Waals surface area contributed by atoms with E-state index in [2.05, 4.69) is 12.2 Å². The second kappa shape index (κ2) is 3.90. The van der Waals surface area contributed by atoms with E-state index in [0.29, 0.717) is 0 Å². The summed E-state index contributed by atoms with van der Waals surface area (Å²) in [6.45, 7) is 5.30. The van der Waals surface area contributed by atoms with Gasteiger partial charge in [0.05, 0.1) is 6.04 Å². The first kappa shape index (κ1) is 8.78. The predicted molar refractivity (Wildman–Crippen MR) is 48.4 cm³/mol. The molecule has 0 aromatic heterocycles. The molecule has 0 aliphatic heterocycles. The number of carbonyl (C=O) groups excluding carboxylic acids is 1. The van der Waals surface area contributed by atoms with Crippen LogP contribution in [0.4, 0.5) is 0 Å². The van der Waals surface area contributed by atoms with Gasteiger partial charge in [-0.3, -0.25) is 4.79 Å². The van der Waals surface area contributed by atoms with E-state index in [1.807, 2.05) is 30.3 Å². The van der Waals surface area contributed by atoms with Crippen molar-refractivity contribution >= 4 is 5.91 Å². The summed E-state index contributed by atoms with van der Waals surface area (Å²) >= 11 is 0. The molecule has 1 aromatic rings. The van der Waals surface area contributed by atoms with E-state index in [4.69, 9.17) is 0 Å². The molecular formula is C10H12NO. The van der Waals surface area contributed by atoms with Crippen molar-refractivity contribution in [3.8, 4) is 0 Å². The first-order chi connectivity index (χ1) is 5.70. The largest absolute Gasteiger partial charge is 0.350 e. The molecule has 0 saturated heterocycles. The number of amides is 1. The molecule has 63 valence electrons. The lowest BCUT2D eigenvalue weighted by atomic mass is 10.1. The lowest BCUT2D eigenvalue weighted by molar-refractivity contribution is -0.119. The van der Waals surface area contributed by atoms with Crippen LogP contribution in [0.15, 0.2) is 30.3 Å². The molecule has 1 N–H and O–H groups in total. The number of hydrogen-bond donors (Lipinski definition) is 1. The van der Waals surface area contributed by atoms with Gasteiger partial charge in [0.1, 0.15) is 0 Å². The van der Waals surface area contributed by atoms with Crippen LogP contribution in [0.1, 0.15) is 18.5 Å². The molecule has 0 saturated carbocycles. The van der Waals surface area contributed by atoms with Gasteiger partial charge in [-0.05, 0) is 12.5 Å². The average molecular weight is 162 g/mol. The van der Waals surface area contributed by atoms with Gasteiger partial charge in [-0.2, -0.15) is 0 Å². The monoisotopic (exact) mass is 162 g/mol. The van der Waals surface area contributed by atoms with Crippen molar-refractivity contribution in [1.29, 1.82) is 0 Å². The molecule has 0 bridgehead atoms. The molecule has 1 rings (SSSR count). The van der Waals surface area contributed by atoms with Crippen LogP contribution in [0.25, 0.3) is 0 Å². The number of nitrogens with one attached hydrogen (secondary N) is 1. The van der Waals surface area contributed by atoms with Crippen molar-refractivity contribution < 1.29 is 4.79 Å². The maximum atomic E-state index is 10.7. The van der Waals surface area contributed by atoms with Gasteiger partial charge in [0, 0.05) is 6.92 Å². The minimum atomic E-state index is -0.149. The van der Waals surface area contributed by atoms with Crippen molar-refractivity contribution in [2.75, 3.05) is 0 Å². The number of rotatable bonds is 2. The Labute approximate surface area is 72.6 Å². The second-order valence-corrected chi connectivity index (χ2v) is 2.66. The fourth-order valence-electron chi connectivity index (χ4n) is 1.01. The molecule has 2 heteroatoms. The number of carbonyl (C=O) groups is 1. The van der Waals surface area contributed by atoms with Gasteiger partial charge in [-0.1, -0.05) is 30.3 Å². The highest BCUT2D eigenvalue weighted by atomic mass is 16.1. The van der Waals surface area contributed by atoms with Gasteiger partial charge < -0.3 is 5.32 Å². The number of hydrogen-bond acceptors (Lipinski definition) is 1. The van der Waals surface area contributed by atoms with Crippen molar-refractivity contribution in [2.24, 2.45) is 0 Å². The summed E-state index contributed by atoms with van der Waals surface area (Å²) in [4.78, 5) is 10.7. The highest BCUT2D eigenvalue weighted by molar-refractivity contribution is 5.73. The second-order valence-electron chi connectivity index (χ2n) is 2.66. The van der Waals surface area contributed by atoms with E-state index in [1.54, 1.807) is 0 Å². The Morgan fingerprint density at radius 3 is 2.50 bits per heavy atom. The van der Waals surface area contributed by atoms with Gasteiger partial charge >= 0.3 is 0 Å². The van der Waals surface area contributed by atoms with E-state index in [0.717, 1.165) is 5.56 Å². The topological polar surface area (TPSA) is 29.1 Å². The van der Waals surface area contributed by atoms with Crippen LogP contribution in [0, 0.1) is 6.92 Å². The molecule has 1 amide bonds. The van der Waals surface area contributed by atoms with E-state index < -0.39 is 0 Å². The molecule has 0 aliphatic rings. The van der Waals surface area contributed by atoms with Gasteiger partial charge in [-0.15, -0.1) is 0 Å². The maximum Gasteiger partial charge on any atom is 0.217 e. The van der Waals surface area contributed by atoms with E-state index >= 15 is 0 Å². The Morgan fingerprint density at radius 1 is 1.42 bits per heavy atom. The number of benzene rings is 1. The van der Waals surface area contributed by atoms with Crippen molar-refractivity contribution in [3.05, 3.63) is 42.8 Å². The van der Waals surface area contributed by atoms with Crippen molar-refractivity contribution in [3.63, 3.8) is 0 Å². The molecule has 0 aliphatic carbocycles. The molecule has 0 unspecified atom stereocenters. The minimum absolute atomic E-state index is 0.0566. The zero-order valence-corrected chi connectivity index (χ0v) is 7.08. The quantitative estimate of drug-likeness (QED) is 0.704. The molecule has 0 spiro atoms. The highest BCUT2D eigenvalue weighted by Gasteiger charge is 2.04. The smallest absolute Gasteiger partial charge is 0.217 e. The summed E-state index contributed by atoms with van der Waals surface area (Å²) in [7, 11) is 0. The Bertz CT molecular complexity index is 256. The van der Waals surface area contributed by atoms with Gasteiger partial charge in [0.25, 0.3) is 0 Å². The van der Waals surface area contributed by atoms with E-state index in [1.165, 1.54) is 6.92 Å². The molecule has 12 heavy (non-hydrogen) atoms. The van der Waals surface area contributed by atoms with Crippen LogP contribution in [0.5, 0.6) is 0 Å². The Hall–Kier alpha value is -1.31. The third kappa shape index (κ3) is 2.38. The lowest BCUT2D eigenvalue weighted by Crippen LogP contribution is -2.23. The molecule has 0 fully saturated rings. The lowest BCUT2D eigenvalue weighted by Gasteiger charge is -2.11. The van der Waals surface area contributed by atoms with Gasteiger partial charge in [-0.25, -0.2) is 0 Å². The summed E-state index contributed by atoms with van der Waals surface area (Å²) in [5.74, 6) is -0.0566. The predicted octanol–water partition coefficient (Wildman–Crippen LogP) is 1.70. The van der Waals surface area contributed by atoms with Gasteiger partial charge in [0.15, 0.2) is 0 Å². The fourth-order valence-corrected chi connectivity index (χ4v) is 1.01. The Kier molecular flexibility index (Phi) is 2.86. The molecule has 0 heterocycles. The summed E-state index contributed by atoms with van der Waals surface area (Å²) in [6.07, 6.45) is 0. The molecule has 1 atom stereocenters. The zero-order valence-electron chi connectivity index (χ0n) is 7.08. The summed E-state index contributed by atoms with van der Waals surface area (Å²) in [5.41, 5.74) is 1.02. The SMILES string of the molecule is [CH2][C@H](NC(C)=O)c1ccccc1. The first-order valence-electron chi connectivity index (χ1n) is 3.85. The summed E-state index contributed by atoms with van der Waals surface area (Å²) in [6, 6.07) is 9.51. The fraction of sp³-hybridized carbons (Fsp3) is 0.200. The van der Waals surface area contributed by atoms with Crippen LogP contribution < -0.4 is 5.32 Å². The van der Waals surface area contributed by atoms with Gasteiger partial charge in [0.2, 0.25) is 5.91 Å². The standard InChI is InChI=1S/C10H12NO/c1-8(11-9(2)12)10-6-4-3-5-7-10/h3-8H,1H2,2H3,(H,11,12)/t8-/m0/s1. The Morgan fingerprint density at radius 2 is 2.00 bits per heavy atom. The van der Waals surface area contributed by atoms with Crippen LogP contribution in [0.2, 0.25) is 0 Å². The summed E-state index contributed by atoms with van der Waals surface area (Å²) in [5, 5.41) is 2.71. The Balaban J connectivity index is 2.65. The zero-order chi connectivity index (χ0) is 8.97. The van der Waals surface area contributed by atoms with Crippen molar-refractivity contribution in [2.45, 2.75) is 13.0 Å². The maximum absolute atomic E-state index is 10.7. The van der Waals surface area contributed by atoms with Crippen LogP contribution in [-0.2, 0) is 4.79 Å². The van der Waals surface area contributed by atoms with Crippen LogP contribution >= 0.6 is 0 Å². The van der Waals surface area contributed by atoms with Crippen LogP contribution in [0.3, 0.4) is 0 Å². The highest BCUT2D eigenvalue weighted by Crippen LogP contribution is 2.09. The molecular weight excluding hydrogens is 150 g/mol. The summed E-state index contributed by atoms with van der Waals surface area (Å²) < 4.78 is 0.